The predicted octanol–water partition coefficient (Wildman–Crippen LogP) is 5.97. The number of hydrogen-bond donors (Lipinski definition) is 1. The molecular weight excluding hydrogens is 479 g/mol. The Labute approximate surface area is 209 Å². The molecule has 0 heterocycles. The zero-order valence-electron chi connectivity index (χ0n) is 18.2. The minimum Gasteiger partial charge on any atom is -0.355 e. The van der Waals surface area contributed by atoms with Gasteiger partial charge in [-0.3, -0.25) is 9.59 Å². The molecule has 0 saturated carbocycles. The van der Waals surface area contributed by atoms with E-state index in [1.165, 1.54) is 0 Å². The second-order valence-electron chi connectivity index (χ2n) is 7.63. The minimum absolute atomic E-state index is 0.0651. The fraction of sp³-hybridized carbons (Fsp3) is 0.231. The van der Waals surface area contributed by atoms with Crippen LogP contribution < -0.4 is 5.32 Å². The van der Waals surface area contributed by atoms with E-state index >= 15 is 0 Å². The number of hydrogen-bond acceptors (Lipinski definition) is 2. The van der Waals surface area contributed by atoms with Crippen molar-refractivity contribution >= 4 is 46.6 Å². The first-order valence-corrected chi connectivity index (χ1v) is 11.8. The molecule has 1 N–H and O–H groups in total. The molecule has 0 aliphatic heterocycles. The number of nitrogens with zero attached hydrogens (tertiary/aromatic N) is 1. The van der Waals surface area contributed by atoms with Gasteiger partial charge in [0.05, 0.1) is 6.42 Å². The van der Waals surface area contributed by atoms with Crippen molar-refractivity contribution in [3.63, 3.8) is 0 Å². The van der Waals surface area contributed by atoms with Gasteiger partial charge in [0.15, 0.2) is 0 Å². The average Bonchev–Trinajstić information content (AvgIpc) is 2.79. The van der Waals surface area contributed by atoms with Crippen molar-refractivity contribution in [2.75, 3.05) is 6.54 Å². The molecule has 0 saturated heterocycles. The summed E-state index contributed by atoms with van der Waals surface area (Å²) in [5, 5.41) is 4.32. The van der Waals surface area contributed by atoms with E-state index in [0.29, 0.717) is 39.2 Å². The molecular formula is C26H25Cl3N2O2. The fourth-order valence-corrected chi connectivity index (χ4v) is 4.26. The van der Waals surface area contributed by atoms with Gasteiger partial charge < -0.3 is 10.2 Å². The zero-order chi connectivity index (χ0) is 23.8. The van der Waals surface area contributed by atoms with Gasteiger partial charge in [-0.05, 0) is 41.8 Å². The first-order valence-electron chi connectivity index (χ1n) is 10.7. The third-order valence-corrected chi connectivity index (χ3v) is 6.23. The summed E-state index contributed by atoms with van der Waals surface area (Å²) in [6, 6.07) is 21.2. The standard InChI is InChI=1S/C26H25Cl3N2O2/c1-2-30-26(33)24(14-18-8-4-3-5-9-18)31(17-20-12-13-21(27)16-23(20)29)25(32)15-19-10-6-7-11-22(19)28/h3-13,16,24H,2,14-15,17H2,1H3,(H,30,33)/t24-/m0/s1. The Morgan fingerprint density at radius 3 is 2.24 bits per heavy atom. The van der Waals surface area contributed by atoms with Crippen LogP contribution in [0.2, 0.25) is 15.1 Å². The lowest BCUT2D eigenvalue weighted by atomic mass is 10.0. The number of likely N-dealkylation sites (N-methyl/N-ethyl adjacent to an activating group) is 1. The normalized spacial score (nSPS) is 11.6. The molecule has 0 spiro atoms. The molecule has 0 unspecified atom stereocenters. The largest absolute Gasteiger partial charge is 0.355 e. The second-order valence-corrected chi connectivity index (χ2v) is 8.88. The highest BCUT2D eigenvalue weighted by molar-refractivity contribution is 6.35. The molecule has 4 nitrogen and oxygen atoms in total. The van der Waals surface area contributed by atoms with Gasteiger partial charge >= 0.3 is 0 Å². The van der Waals surface area contributed by atoms with Crippen LogP contribution in [0.3, 0.4) is 0 Å². The van der Waals surface area contributed by atoms with Gasteiger partial charge in [-0.2, -0.15) is 0 Å². The zero-order valence-corrected chi connectivity index (χ0v) is 20.5. The molecule has 33 heavy (non-hydrogen) atoms. The summed E-state index contributed by atoms with van der Waals surface area (Å²) < 4.78 is 0. The maximum Gasteiger partial charge on any atom is 0.243 e. The highest BCUT2D eigenvalue weighted by Crippen LogP contribution is 2.25. The van der Waals surface area contributed by atoms with Crippen molar-refractivity contribution in [1.29, 1.82) is 0 Å². The van der Waals surface area contributed by atoms with E-state index in [1.54, 1.807) is 29.2 Å². The number of benzene rings is 3. The van der Waals surface area contributed by atoms with Crippen LogP contribution in [-0.4, -0.2) is 29.3 Å². The smallest absolute Gasteiger partial charge is 0.243 e. The number of rotatable bonds is 9. The Balaban J connectivity index is 1.99. The third kappa shape index (κ3) is 6.97. The lowest BCUT2D eigenvalue weighted by Gasteiger charge is -2.32. The molecule has 0 aliphatic carbocycles. The number of carbonyl (C=O) groups is 2. The summed E-state index contributed by atoms with van der Waals surface area (Å²) in [6.45, 7) is 2.47. The maximum atomic E-state index is 13.6. The number of amides is 2. The van der Waals surface area contributed by atoms with E-state index < -0.39 is 6.04 Å². The Kier molecular flexibility index (Phi) is 9.19. The third-order valence-electron chi connectivity index (χ3n) is 5.28. The molecule has 0 aliphatic rings. The van der Waals surface area contributed by atoms with Crippen LogP contribution in [0.1, 0.15) is 23.6 Å². The Morgan fingerprint density at radius 1 is 0.879 bits per heavy atom. The van der Waals surface area contributed by atoms with E-state index in [2.05, 4.69) is 5.32 Å². The Morgan fingerprint density at radius 2 is 1.58 bits per heavy atom. The summed E-state index contributed by atoms with van der Waals surface area (Å²) in [7, 11) is 0. The molecule has 0 radical (unpaired) electrons. The van der Waals surface area contributed by atoms with Crippen LogP contribution in [0, 0.1) is 0 Å². The SMILES string of the molecule is CCNC(=O)[C@H](Cc1ccccc1)N(Cc1ccc(Cl)cc1Cl)C(=O)Cc1ccccc1Cl. The van der Waals surface area contributed by atoms with Gasteiger partial charge in [0.1, 0.15) is 6.04 Å². The first-order chi connectivity index (χ1) is 15.9. The summed E-state index contributed by atoms with van der Waals surface area (Å²) >= 11 is 18.8. The van der Waals surface area contributed by atoms with E-state index in [-0.39, 0.29) is 24.8 Å². The van der Waals surface area contributed by atoms with Crippen LogP contribution >= 0.6 is 34.8 Å². The van der Waals surface area contributed by atoms with Gasteiger partial charge in [-0.25, -0.2) is 0 Å². The summed E-state index contributed by atoms with van der Waals surface area (Å²) in [5.41, 5.74) is 2.35. The quantitative estimate of drug-likeness (QED) is 0.391. The van der Waals surface area contributed by atoms with E-state index in [9.17, 15) is 9.59 Å². The van der Waals surface area contributed by atoms with Crippen molar-refractivity contribution in [2.24, 2.45) is 0 Å². The van der Waals surface area contributed by atoms with Crippen LogP contribution in [0.15, 0.2) is 72.8 Å². The summed E-state index contributed by atoms with van der Waals surface area (Å²) in [4.78, 5) is 28.3. The molecule has 3 aromatic rings. The van der Waals surface area contributed by atoms with Gasteiger partial charge in [-0.15, -0.1) is 0 Å². The highest BCUT2D eigenvalue weighted by Gasteiger charge is 2.30. The van der Waals surface area contributed by atoms with Crippen molar-refractivity contribution in [3.05, 3.63) is 105 Å². The van der Waals surface area contributed by atoms with Crippen molar-refractivity contribution in [3.8, 4) is 0 Å². The van der Waals surface area contributed by atoms with E-state index in [1.807, 2.05) is 55.5 Å². The van der Waals surface area contributed by atoms with Crippen LogP contribution in [-0.2, 0) is 29.0 Å². The average molecular weight is 504 g/mol. The molecule has 1 atom stereocenters. The lowest BCUT2D eigenvalue weighted by molar-refractivity contribution is -0.140. The molecule has 3 rings (SSSR count). The number of halogens is 3. The van der Waals surface area contributed by atoms with Crippen LogP contribution in [0.5, 0.6) is 0 Å². The minimum atomic E-state index is -0.728. The van der Waals surface area contributed by atoms with Gasteiger partial charge in [0, 0.05) is 34.6 Å². The number of carbonyl (C=O) groups excluding carboxylic acids is 2. The molecule has 7 heteroatoms. The molecule has 172 valence electrons. The van der Waals surface area contributed by atoms with Gasteiger partial charge in [-0.1, -0.05) is 89.4 Å². The molecule has 0 fully saturated rings. The Hall–Kier alpha value is -2.53. The lowest BCUT2D eigenvalue weighted by Crippen LogP contribution is -2.51. The number of nitrogens with one attached hydrogen (secondary N) is 1. The fourth-order valence-electron chi connectivity index (χ4n) is 3.59. The molecule has 3 aromatic carbocycles. The van der Waals surface area contributed by atoms with Crippen molar-refractivity contribution in [1.82, 2.24) is 10.2 Å². The Bertz CT molecular complexity index is 1110. The summed E-state index contributed by atoms with van der Waals surface area (Å²) in [6.07, 6.45) is 0.432. The van der Waals surface area contributed by atoms with E-state index in [0.717, 1.165) is 5.56 Å². The summed E-state index contributed by atoms with van der Waals surface area (Å²) in [5.74, 6) is -0.444. The van der Waals surface area contributed by atoms with Crippen LogP contribution in [0.25, 0.3) is 0 Å². The van der Waals surface area contributed by atoms with Gasteiger partial charge in [0.25, 0.3) is 0 Å². The molecule has 0 bridgehead atoms. The van der Waals surface area contributed by atoms with E-state index in [4.69, 9.17) is 34.8 Å². The first kappa shape index (κ1) is 25.1. The van der Waals surface area contributed by atoms with Crippen LogP contribution in [0.4, 0.5) is 0 Å². The topological polar surface area (TPSA) is 49.4 Å². The highest BCUT2D eigenvalue weighted by atomic mass is 35.5. The van der Waals surface area contributed by atoms with Gasteiger partial charge in [0.2, 0.25) is 11.8 Å². The maximum absolute atomic E-state index is 13.6. The monoisotopic (exact) mass is 502 g/mol. The predicted molar refractivity (Wildman–Crippen MR) is 135 cm³/mol. The second kappa shape index (κ2) is 12.1. The molecule has 2 amide bonds. The molecule has 0 aromatic heterocycles. The van der Waals surface area contributed by atoms with Crippen molar-refractivity contribution in [2.45, 2.75) is 32.4 Å². The van der Waals surface area contributed by atoms with Crippen molar-refractivity contribution < 1.29 is 9.59 Å².